The van der Waals surface area contributed by atoms with E-state index in [-0.39, 0.29) is 11.9 Å². The van der Waals surface area contributed by atoms with Crippen LogP contribution in [-0.2, 0) is 6.54 Å². The Bertz CT molecular complexity index is 572. The van der Waals surface area contributed by atoms with Crippen molar-refractivity contribution in [2.24, 2.45) is 5.73 Å². The van der Waals surface area contributed by atoms with E-state index in [9.17, 15) is 4.39 Å². The lowest BCUT2D eigenvalue weighted by atomic mass is 10.00. The van der Waals surface area contributed by atoms with Crippen molar-refractivity contribution in [3.05, 3.63) is 70.5 Å². The molecule has 2 N–H and O–H groups in total. The Balaban J connectivity index is 2.17. The molecule has 2 aromatic carbocycles. The number of hydrogen-bond donors (Lipinski definition) is 1. The molecular weight excluding hydrogens is 263 g/mol. The predicted octanol–water partition coefficient (Wildman–Crippen LogP) is 3.57. The van der Waals surface area contributed by atoms with Crippen molar-refractivity contribution >= 4 is 0 Å². The van der Waals surface area contributed by atoms with Crippen molar-refractivity contribution in [3.8, 4) is 0 Å². The molecule has 3 heteroatoms. The van der Waals surface area contributed by atoms with E-state index in [4.69, 9.17) is 5.73 Å². The third kappa shape index (κ3) is 4.13. The predicted molar refractivity (Wildman–Crippen MR) is 85.6 cm³/mol. The fourth-order valence-electron chi connectivity index (χ4n) is 2.76. The summed E-state index contributed by atoms with van der Waals surface area (Å²) in [6.07, 6.45) is 0. The van der Waals surface area contributed by atoms with Crippen molar-refractivity contribution in [2.75, 3.05) is 13.6 Å². The SMILES string of the molecule is Cc1cc(C)cc(C(CN)N(C)Cc2ccc(F)cc2)c1. The molecule has 0 amide bonds. The summed E-state index contributed by atoms with van der Waals surface area (Å²) in [6, 6.07) is 13.3. The van der Waals surface area contributed by atoms with Gasteiger partial charge in [0.05, 0.1) is 0 Å². The van der Waals surface area contributed by atoms with Gasteiger partial charge in [0.15, 0.2) is 0 Å². The van der Waals surface area contributed by atoms with Crippen LogP contribution in [0.3, 0.4) is 0 Å². The summed E-state index contributed by atoms with van der Waals surface area (Å²) >= 11 is 0. The third-order valence-corrected chi connectivity index (χ3v) is 3.73. The van der Waals surface area contributed by atoms with E-state index in [1.807, 2.05) is 12.1 Å². The minimum Gasteiger partial charge on any atom is -0.329 e. The lowest BCUT2D eigenvalue weighted by Crippen LogP contribution is -2.30. The molecule has 0 aromatic heterocycles. The Morgan fingerprint density at radius 3 is 2.14 bits per heavy atom. The van der Waals surface area contributed by atoms with Gasteiger partial charge in [-0.1, -0.05) is 41.5 Å². The van der Waals surface area contributed by atoms with Gasteiger partial charge in [0.25, 0.3) is 0 Å². The van der Waals surface area contributed by atoms with E-state index in [0.717, 1.165) is 12.1 Å². The Labute approximate surface area is 126 Å². The molecule has 2 nitrogen and oxygen atoms in total. The molecule has 2 aromatic rings. The summed E-state index contributed by atoms with van der Waals surface area (Å²) < 4.78 is 13.0. The van der Waals surface area contributed by atoms with Crippen LogP contribution in [0.5, 0.6) is 0 Å². The van der Waals surface area contributed by atoms with Crippen LogP contribution >= 0.6 is 0 Å². The first kappa shape index (κ1) is 15.7. The highest BCUT2D eigenvalue weighted by molar-refractivity contribution is 5.31. The maximum Gasteiger partial charge on any atom is 0.123 e. The van der Waals surface area contributed by atoms with Gasteiger partial charge in [0, 0.05) is 19.1 Å². The number of nitrogens with zero attached hydrogens (tertiary/aromatic N) is 1. The Kier molecular flexibility index (Phi) is 5.10. The van der Waals surface area contributed by atoms with E-state index < -0.39 is 0 Å². The molecule has 0 spiro atoms. The summed E-state index contributed by atoms with van der Waals surface area (Å²) in [4.78, 5) is 2.21. The van der Waals surface area contributed by atoms with Crippen LogP contribution in [0.25, 0.3) is 0 Å². The summed E-state index contributed by atoms with van der Waals surface area (Å²) in [6.45, 7) is 5.50. The summed E-state index contributed by atoms with van der Waals surface area (Å²) in [5, 5.41) is 0. The van der Waals surface area contributed by atoms with Crippen molar-refractivity contribution in [1.82, 2.24) is 4.90 Å². The van der Waals surface area contributed by atoms with Gasteiger partial charge in [-0.15, -0.1) is 0 Å². The highest BCUT2D eigenvalue weighted by atomic mass is 19.1. The highest BCUT2D eigenvalue weighted by Crippen LogP contribution is 2.22. The standard InChI is InChI=1S/C18H23FN2/c1-13-8-14(2)10-16(9-13)18(11-20)21(3)12-15-4-6-17(19)7-5-15/h4-10,18H,11-12,20H2,1-3H3. The summed E-state index contributed by atoms with van der Waals surface area (Å²) in [5.74, 6) is -0.203. The number of likely N-dealkylation sites (N-methyl/N-ethyl adjacent to an activating group) is 1. The zero-order valence-corrected chi connectivity index (χ0v) is 12.9. The average molecular weight is 286 g/mol. The second-order valence-electron chi connectivity index (χ2n) is 5.71. The van der Waals surface area contributed by atoms with E-state index in [1.165, 1.54) is 28.8 Å². The van der Waals surface area contributed by atoms with Gasteiger partial charge in [0.1, 0.15) is 5.82 Å². The van der Waals surface area contributed by atoms with Gasteiger partial charge in [-0.3, -0.25) is 4.90 Å². The molecule has 0 saturated carbocycles. The second kappa shape index (κ2) is 6.83. The number of rotatable bonds is 5. The Hall–Kier alpha value is -1.71. The van der Waals surface area contributed by atoms with Gasteiger partial charge < -0.3 is 5.73 Å². The van der Waals surface area contributed by atoms with Crippen LogP contribution in [0.4, 0.5) is 4.39 Å². The van der Waals surface area contributed by atoms with Gasteiger partial charge in [-0.25, -0.2) is 4.39 Å². The molecule has 0 aliphatic carbocycles. The molecule has 1 atom stereocenters. The van der Waals surface area contributed by atoms with Gasteiger partial charge >= 0.3 is 0 Å². The van der Waals surface area contributed by atoms with Crippen molar-refractivity contribution in [1.29, 1.82) is 0 Å². The molecule has 1 unspecified atom stereocenters. The van der Waals surface area contributed by atoms with E-state index >= 15 is 0 Å². The quantitative estimate of drug-likeness (QED) is 0.910. The molecule has 0 bridgehead atoms. The Morgan fingerprint density at radius 1 is 1.05 bits per heavy atom. The van der Waals surface area contributed by atoms with Crippen LogP contribution in [0.2, 0.25) is 0 Å². The second-order valence-corrected chi connectivity index (χ2v) is 5.71. The maximum absolute atomic E-state index is 13.0. The molecule has 0 aliphatic rings. The number of hydrogen-bond acceptors (Lipinski definition) is 2. The van der Waals surface area contributed by atoms with E-state index in [1.54, 1.807) is 0 Å². The number of benzene rings is 2. The zero-order chi connectivity index (χ0) is 15.4. The summed E-state index contributed by atoms with van der Waals surface area (Å²) in [7, 11) is 2.05. The van der Waals surface area contributed by atoms with Crippen LogP contribution in [0.15, 0.2) is 42.5 Å². The number of halogens is 1. The monoisotopic (exact) mass is 286 g/mol. The highest BCUT2D eigenvalue weighted by Gasteiger charge is 2.16. The molecule has 0 radical (unpaired) electrons. The van der Waals surface area contributed by atoms with Crippen molar-refractivity contribution in [2.45, 2.75) is 26.4 Å². The van der Waals surface area contributed by atoms with Crippen LogP contribution in [0, 0.1) is 19.7 Å². The number of aryl methyl sites for hydroxylation is 2. The first-order valence-corrected chi connectivity index (χ1v) is 7.22. The first-order valence-electron chi connectivity index (χ1n) is 7.22. The van der Waals surface area contributed by atoms with Gasteiger partial charge in [-0.2, -0.15) is 0 Å². The van der Waals surface area contributed by atoms with Crippen LogP contribution < -0.4 is 5.73 Å². The molecule has 0 aliphatic heterocycles. The van der Waals surface area contributed by atoms with Crippen molar-refractivity contribution in [3.63, 3.8) is 0 Å². The van der Waals surface area contributed by atoms with Crippen LogP contribution in [-0.4, -0.2) is 18.5 Å². The lowest BCUT2D eigenvalue weighted by Gasteiger charge is -2.28. The molecule has 0 heterocycles. The van der Waals surface area contributed by atoms with E-state index in [2.05, 4.69) is 44.0 Å². The largest absolute Gasteiger partial charge is 0.329 e. The van der Waals surface area contributed by atoms with Crippen molar-refractivity contribution < 1.29 is 4.39 Å². The minimum absolute atomic E-state index is 0.161. The molecule has 0 fully saturated rings. The topological polar surface area (TPSA) is 29.3 Å². The Morgan fingerprint density at radius 2 is 1.62 bits per heavy atom. The van der Waals surface area contributed by atoms with Gasteiger partial charge in [0.2, 0.25) is 0 Å². The molecule has 112 valence electrons. The maximum atomic E-state index is 13.0. The molecule has 21 heavy (non-hydrogen) atoms. The van der Waals surface area contributed by atoms with Gasteiger partial charge in [-0.05, 0) is 44.2 Å². The zero-order valence-electron chi connectivity index (χ0n) is 12.9. The third-order valence-electron chi connectivity index (χ3n) is 3.73. The average Bonchev–Trinajstić information content (AvgIpc) is 2.41. The van der Waals surface area contributed by atoms with Crippen LogP contribution in [0.1, 0.15) is 28.3 Å². The molecule has 0 saturated heterocycles. The lowest BCUT2D eigenvalue weighted by molar-refractivity contribution is 0.241. The summed E-state index contributed by atoms with van der Waals surface area (Å²) in [5.41, 5.74) is 10.8. The minimum atomic E-state index is -0.203. The van der Waals surface area contributed by atoms with E-state index in [0.29, 0.717) is 6.54 Å². The fourth-order valence-corrected chi connectivity index (χ4v) is 2.76. The first-order chi connectivity index (χ1) is 9.99. The molecular formula is C18H23FN2. The number of nitrogens with two attached hydrogens (primary N) is 1. The fraction of sp³-hybridized carbons (Fsp3) is 0.333. The smallest absolute Gasteiger partial charge is 0.123 e. The molecule has 2 rings (SSSR count). The normalized spacial score (nSPS) is 12.7.